The third-order valence-electron chi connectivity index (χ3n) is 21.7. The molecule has 0 amide bonds. The molecule has 0 aliphatic rings. The zero-order chi connectivity index (χ0) is 75.6. The quantitative estimate of drug-likeness (QED) is 0.113. The number of aryl methyl sites for hydroxylation is 3. The van der Waals surface area contributed by atoms with Crippen LogP contribution in [0.5, 0.6) is 0 Å². The second-order valence-corrected chi connectivity index (χ2v) is 32.0. The number of hydrogen-bond acceptors (Lipinski definition) is 2. The average molecular weight is 1340 g/mol. The molecule has 536 valence electrons. The Morgan fingerprint density at radius 3 is 0.948 bits per heavy atom. The van der Waals surface area contributed by atoms with E-state index in [1.54, 1.807) is 10.4 Å². The summed E-state index contributed by atoms with van der Waals surface area (Å²) >= 11 is 1.95. The van der Waals surface area contributed by atoms with Crippen molar-refractivity contribution in [2.75, 3.05) is 0 Å². The number of aromatic amines is 1. The van der Waals surface area contributed by atoms with Gasteiger partial charge in [0.2, 0.25) is 0 Å². The van der Waals surface area contributed by atoms with Gasteiger partial charge < -0.3 is 9.40 Å². The van der Waals surface area contributed by atoms with Crippen LogP contribution in [0.2, 0.25) is 0 Å². The van der Waals surface area contributed by atoms with E-state index in [2.05, 4.69) is 344 Å². The predicted octanol–water partition coefficient (Wildman–Crippen LogP) is 29.1. The van der Waals surface area contributed by atoms with Crippen molar-refractivity contribution in [3.63, 3.8) is 0 Å². The van der Waals surface area contributed by atoms with Crippen LogP contribution in [0.1, 0.15) is 320 Å². The summed E-state index contributed by atoms with van der Waals surface area (Å²) in [5.74, 6) is 12.9. The van der Waals surface area contributed by atoms with Gasteiger partial charge >= 0.3 is 0 Å². The van der Waals surface area contributed by atoms with E-state index in [4.69, 9.17) is 4.42 Å². The summed E-state index contributed by atoms with van der Waals surface area (Å²) in [7, 11) is 0. The molecule has 0 bridgehead atoms. The minimum absolute atomic E-state index is 0.431. The Hall–Kier alpha value is -6.08. The van der Waals surface area contributed by atoms with E-state index < -0.39 is 0 Å². The molecule has 0 fully saturated rings. The lowest BCUT2D eigenvalue weighted by Crippen LogP contribution is -2.04. The molecule has 0 radical (unpaired) electrons. The highest BCUT2D eigenvalue weighted by molar-refractivity contribution is 7.12. The number of allylic oxidation sites excluding steroid dienone is 4. The molecule has 97 heavy (non-hydrogen) atoms. The SMILES string of the molecule is Cc1[nH]c(C(C)C)c(C)c1C.Cc1c(C)c(C)c(/C=C/C(C)C)c(C)c1C.Cc1c(C)c(C)c(/C=C/C=C/C(C)C)c(C)c1C.Cc1c(C)c(C)c(C#CC(C)C)c(C)c1C.Cc1c(C)c(C)c(C(C)C)c(C)c1C.Cc1oc(C(C)C)c(C)c1C.Cc1sc(C(C)C)c(C)c1C. The Morgan fingerprint density at radius 1 is 0.320 bits per heavy atom. The van der Waals surface area contributed by atoms with E-state index in [1.807, 2.05) is 18.3 Å². The molecule has 7 aromatic rings. The monoisotopic (exact) mass is 1330 g/mol. The zero-order valence-electron chi connectivity index (χ0n) is 70.8. The van der Waals surface area contributed by atoms with Gasteiger partial charge in [0.15, 0.2) is 0 Å². The molecule has 7 rings (SSSR count). The Balaban J connectivity index is 0.000000570. The van der Waals surface area contributed by atoms with Crippen molar-refractivity contribution in [1.29, 1.82) is 0 Å². The van der Waals surface area contributed by atoms with Gasteiger partial charge in [-0.15, -0.1) is 11.3 Å². The lowest BCUT2D eigenvalue weighted by Gasteiger charge is -2.21. The fraction of sp³-hybridized carbons (Fsp3) is 0.532. The highest BCUT2D eigenvalue weighted by Crippen LogP contribution is 2.35. The maximum absolute atomic E-state index is 5.61. The second-order valence-electron chi connectivity index (χ2n) is 30.7. The molecule has 0 aliphatic carbocycles. The van der Waals surface area contributed by atoms with Crippen molar-refractivity contribution >= 4 is 23.5 Å². The molecule has 4 aromatic carbocycles. The third kappa shape index (κ3) is 23.8. The smallest absolute Gasteiger partial charge is 0.109 e. The molecule has 3 heteroatoms. The number of nitrogens with one attached hydrogen (secondary N) is 1. The average Bonchev–Trinajstić information content (AvgIpc) is 1.73. The summed E-state index contributed by atoms with van der Waals surface area (Å²) in [5, 5.41) is 0. The fourth-order valence-electron chi connectivity index (χ4n) is 12.7. The van der Waals surface area contributed by atoms with Gasteiger partial charge in [-0.1, -0.05) is 145 Å². The van der Waals surface area contributed by atoms with Gasteiger partial charge in [-0.2, -0.15) is 0 Å². The van der Waals surface area contributed by atoms with E-state index in [0.717, 1.165) is 11.5 Å². The molecule has 3 heterocycles. The molecule has 0 unspecified atom stereocenters. The first-order valence-electron chi connectivity index (χ1n) is 36.7. The first-order chi connectivity index (χ1) is 44.6. The molecule has 2 nitrogen and oxygen atoms in total. The van der Waals surface area contributed by atoms with E-state index in [-0.39, 0.29) is 0 Å². The number of hydrogen-bond donors (Lipinski definition) is 1. The number of thiophene rings is 1. The van der Waals surface area contributed by atoms with E-state index in [1.165, 1.54) is 178 Å². The maximum Gasteiger partial charge on any atom is 0.109 e. The molecular weight excluding hydrogens is 1190 g/mol. The van der Waals surface area contributed by atoms with Gasteiger partial charge in [-0.05, 0) is 392 Å². The number of furan rings is 1. The van der Waals surface area contributed by atoms with E-state index in [0.29, 0.717) is 41.4 Å². The van der Waals surface area contributed by atoms with Crippen molar-refractivity contribution in [3.8, 4) is 11.8 Å². The maximum atomic E-state index is 5.61. The highest BCUT2D eigenvalue weighted by atomic mass is 32.1. The summed E-state index contributed by atoms with van der Waals surface area (Å²) < 4.78 is 5.61. The summed E-state index contributed by atoms with van der Waals surface area (Å²) in [5.41, 5.74) is 45.2. The Bertz CT molecular complexity index is 3670. The van der Waals surface area contributed by atoms with Crippen LogP contribution in [0.15, 0.2) is 28.7 Å². The van der Waals surface area contributed by atoms with Crippen molar-refractivity contribution < 1.29 is 4.42 Å². The van der Waals surface area contributed by atoms with Gasteiger partial charge in [-0.3, -0.25) is 0 Å². The second kappa shape index (κ2) is 39.6. The molecular formula is C94H143NOS. The van der Waals surface area contributed by atoms with Gasteiger partial charge in [-0.25, -0.2) is 0 Å². The largest absolute Gasteiger partial charge is 0.466 e. The van der Waals surface area contributed by atoms with Crippen LogP contribution in [0, 0.1) is 230 Å². The van der Waals surface area contributed by atoms with Gasteiger partial charge in [0.05, 0.1) is 0 Å². The van der Waals surface area contributed by atoms with Crippen molar-refractivity contribution in [1.82, 2.24) is 4.98 Å². The third-order valence-corrected chi connectivity index (χ3v) is 23.3. The van der Waals surface area contributed by atoms with Crippen LogP contribution >= 0.6 is 11.3 Å². The normalized spacial score (nSPS) is 11.3. The summed E-state index contributed by atoms with van der Waals surface area (Å²) in [6, 6.07) is 0. The van der Waals surface area contributed by atoms with Crippen LogP contribution in [0.25, 0.3) is 12.2 Å². The molecule has 0 saturated carbocycles. The summed E-state index contributed by atoms with van der Waals surface area (Å²) in [4.78, 5) is 6.45. The van der Waals surface area contributed by atoms with Crippen molar-refractivity contribution in [3.05, 3.63) is 224 Å². The molecule has 0 aliphatic heterocycles. The van der Waals surface area contributed by atoms with Gasteiger partial charge in [0.25, 0.3) is 0 Å². The standard InChI is InChI=1S/C18H26.C16H24.C16H22.C14H22.C10H17N.C10H16O.C10H16S/c1-12(2)10-8-9-11-18-16(6)14(4)13(3)15(5)17(18)7;2*1-10(2)8-9-16-14(6)12(4)11(3)13(5)15(16)7;1-8(2)14-12(6)10(4)9(3)11(5)13(14)7;3*1-6(2)10-8(4)7(3)9(5)11-10/h8-12H,1-7H3;8-10H,1-7H3;10H,1-7H3;8H,1-7H3;6,11H,1-5H3;2*6H,1-5H3/b10-8+,11-9+;9-8+;;;;;. The predicted molar refractivity (Wildman–Crippen MR) is 442 cm³/mol. The topological polar surface area (TPSA) is 28.9 Å². The lowest BCUT2D eigenvalue weighted by atomic mass is 9.85. The highest BCUT2D eigenvalue weighted by Gasteiger charge is 2.17. The Morgan fingerprint density at radius 2 is 0.691 bits per heavy atom. The Labute approximate surface area is 604 Å². The van der Waals surface area contributed by atoms with Crippen LogP contribution in [0.4, 0.5) is 0 Å². The summed E-state index contributed by atoms with van der Waals surface area (Å²) in [6.45, 7) is 94.7. The van der Waals surface area contributed by atoms with Crippen LogP contribution in [0.3, 0.4) is 0 Å². The van der Waals surface area contributed by atoms with Crippen LogP contribution < -0.4 is 0 Å². The number of H-pyrrole nitrogens is 1. The van der Waals surface area contributed by atoms with Crippen molar-refractivity contribution in [2.45, 2.75) is 321 Å². The first-order valence-corrected chi connectivity index (χ1v) is 37.5. The molecule has 0 atom stereocenters. The number of rotatable bonds is 9. The summed E-state index contributed by atoms with van der Waals surface area (Å²) in [6.07, 6.45) is 13.3. The zero-order valence-corrected chi connectivity index (χ0v) is 71.6. The lowest BCUT2D eigenvalue weighted by molar-refractivity contribution is 0.460. The Kier molecular flexibility index (Phi) is 36.3. The van der Waals surface area contributed by atoms with Crippen LogP contribution in [-0.2, 0) is 0 Å². The van der Waals surface area contributed by atoms with Gasteiger partial charge in [0.1, 0.15) is 11.5 Å². The molecule has 3 aromatic heterocycles. The van der Waals surface area contributed by atoms with E-state index in [9.17, 15) is 0 Å². The molecule has 0 spiro atoms. The molecule has 0 saturated heterocycles. The minimum Gasteiger partial charge on any atom is -0.466 e. The minimum atomic E-state index is 0.431. The first kappa shape index (κ1) is 88.9. The number of benzene rings is 4. The van der Waals surface area contributed by atoms with Gasteiger partial charge in [0, 0.05) is 38.5 Å². The number of aromatic nitrogens is 1. The molecule has 1 N–H and O–H groups in total. The van der Waals surface area contributed by atoms with Crippen LogP contribution in [-0.4, -0.2) is 4.98 Å². The fourth-order valence-corrected chi connectivity index (χ4v) is 13.8. The van der Waals surface area contributed by atoms with Crippen molar-refractivity contribution in [2.24, 2.45) is 17.8 Å². The van der Waals surface area contributed by atoms with E-state index >= 15 is 0 Å².